The van der Waals surface area contributed by atoms with Crippen molar-refractivity contribution >= 4 is 17.2 Å². The quantitative estimate of drug-likeness (QED) is 0.690. The highest BCUT2D eigenvalue weighted by molar-refractivity contribution is 7.09. The largest absolute Gasteiger partial charge is 0.355 e. The van der Waals surface area contributed by atoms with Crippen LogP contribution in [0, 0.1) is 0 Å². The second-order valence-electron chi connectivity index (χ2n) is 3.28. The van der Waals surface area contributed by atoms with Crippen LogP contribution in [0.5, 0.6) is 0 Å². The van der Waals surface area contributed by atoms with Crippen LogP contribution in [0.25, 0.3) is 0 Å². The fraction of sp³-hybridized carbons (Fsp3) is 0.545. The number of likely N-dealkylation sites (N-methyl/N-ethyl adjacent to an activating group) is 1. The number of hydrogen-bond donors (Lipinski definition) is 2. The number of hydrogen-bond acceptors (Lipinski definition) is 3. The Bertz CT molecular complexity index is 272. The molecule has 0 spiro atoms. The first-order valence-corrected chi connectivity index (χ1v) is 6.20. The molecule has 0 saturated carbocycles. The van der Waals surface area contributed by atoms with E-state index >= 15 is 0 Å². The number of aryl methyl sites for hydroxylation is 1. The highest BCUT2D eigenvalue weighted by Crippen LogP contribution is 2.10. The van der Waals surface area contributed by atoms with Crippen molar-refractivity contribution in [3.63, 3.8) is 0 Å². The molecule has 84 valence electrons. The van der Waals surface area contributed by atoms with Crippen molar-refractivity contribution in [3.05, 3.63) is 22.4 Å². The van der Waals surface area contributed by atoms with Gasteiger partial charge < -0.3 is 10.6 Å². The maximum atomic E-state index is 11.4. The first kappa shape index (κ1) is 12.2. The maximum Gasteiger partial charge on any atom is 0.220 e. The Balaban J connectivity index is 2.04. The molecule has 0 unspecified atom stereocenters. The van der Waals surface area contributed by atoms with Crippen LogP contribution in [0.1, 0.15) is 18.2 Å². The highest BCUT2D eigenvalue weighted by Gasteiger charge is 2.01. The summed E-state index contributed by atoms with van der Waals surface area (Å²) in [5, 5.41) is 8.08. The van der Waals surface area contributed by atoms with Crippen LogP contribution in [0.15, 0.2) is 17.5 Å². The number of carbonyl (C=O) groups is 1. The van der Waals surface area contributed by atoms with Crippen molar-refractivity contribution < 1.29 is 4.79 Å². The molecule has 0 aliphatic rings. The third kappa shape index (κ3) is 5.54. The van der Waals surface area contributed by atoms with Gasteiger partial charge in [-0.3, -0.25) is 4.79 Å². The van der Waals surface area contributed by atoms with E-state index in [0.29, 0.717) is 6.42 Å². The molecule has 1 aromatic heterocycles. The van der Waals surface area contributed by atoms with E-state index in [2.05, 4.69) is 23.6 Å². The van der Waals surface area contributed by atoms with E-state index in [9.17, 15) is 4.79 Å². The van der Waals surface area contributed by atoms with Gasteiger partial charge in [-0.1, -0.05) is 13.0 Å². The normalized spacial score (nSPS) is 10.2. The number of carbonyl (C=O) groups excluding carboxylic acids is 1. The zero-order chi connectivity index (χ0) is 10.9. The average Bonchev–Trinajstić information content (AvgIpc) is 2.74. The lowest BCUT2D eigenvalue weighted by molar-refractivity contribution is -0.121. The molecule has 3 nitrogen and oxygen atoms in total. The van der Waals surface area contributed by atoms with Gasteiger partial charge in [0, 0.05) is 24.4 Å². The van der Waals surface area contributed by atoms with E-state index in [1.165, 1.54) is 4.88 Å². The monoisotopic (exact) mass is 226 g/mol. The van der Waals surface area contributed by atoms with Gasteiger partial charge in [-0.2, -0.15) is 0 Å². The molecule has 2 N–H and O–H groups in total. The van der Waals surface area contributed by atoms with E-state index in [1.54, 1.807) is 11.3 Å². The molecule has 0 fully saturated rings. The lowest BCUT2D eigenvalue weighted by Crippen LogP contribution is -2.31. The average molecular weight is 226 g/mol. The molecule has 0 aliphatic heterocycles. The van der Waals surface area contributed by atoms with Crippen molar-refractivity contribution in [1.29, 1.82) is 0 Å². The van der Waals surface area contributed by atoms with E-state index < -0.39 is 0 Å². The van der Waals surface area contributed by atoms with Gasteiger partial charge in [-0.25, -0.2) is 0 Å². The second kappa shape index (κ2) is 7.43. The molecule has 1 rings (SSSR count). The summed E-state index contributed by atoms with van der Waals surface area (Å²) in [4.78, 5) is 12.6. The van der Waals surface area contributed by atoms with Gasteiger partial charge in [0.05, 0.1) is 0 Å². The van der Waals surface area contributed by atoms with Gasteiger partial charge in [-0.05, 0) is 24.4 Å². The summed E-state index contributed by atoms with van der Waals surface area (Å²) in [6.07, 6.45) is 1.44. The standard InChI is InChI=1S/C11H18N2OS/c1-2-12-7-8-13-11(14)6-5-10-4-3-9-15-10/h3-4,9,12H,2,5-8H2,1H3,(H,13,14). The molecule has 4 heteroatoms. The molecule has 1 heterocycles. The lowest BCUT2D eigenvalue weighted by Gasteiger charge is -2.04. The number of thiophene rings is 1. The third-order valence-corrected chi connectivity index (χ3v) is 2.99. The summed E-state index contributed by atoms with van der Waals surface area (Å²) >= 11 is 1.70. The Morgan fingerprint density at radius 1 is 1.47 bits per heavy atom. The Morgan fingerprint density at radius 3 is 3.00 bits per heavy atom. The van der Waals surface area contributed by atoms with Crippen LogP contribution in [-0.2, 0) is 11.2 Å². The SMILES string of the molecule is CCNCCNC(=O)CCc1cccs1. The molecule has 15 heavy (non-hydrogen) atoms. The fourth-order valence-electron chi connectivity index (χ4n) is 1.25. The van der Waals surface area contributed by atoms with Crippen LogP contribution in [0.4, 0.5) is 0 Å². The summed E-state index contributed by atoms with van der Waals surface area (Å²) in [5.74, 6) is 0.140. The molecule has 0 bridgehead atoms. The van der Waals surface area contributed by atoms with Gasteiger partial charge in [0.25, 0.3) is 0 Å². The summed E-state index contributed by atoms with van der Waals surface area (Å²) in [6.45, 7) is 4.57. The third-order valence-electron chi connectivity index (χ3n) is 2.05. The summed E-state index contributed by atoms with van der Waals surface area (Å²) in [5.41, 5.74) is 0. The Hall–Kier alpha value is -0.870. The van der Waals surface area contributed by atoms with Gasteiger partial charge >= 0.3 is 0 Å². The van der Waals surface area contributed by atoms with Gasteiger partial charge in [-0.15, -0.1) is 11.3 Å². The Morgan fingerprint density at radius 2 is 2.33 bits per heavy atom. The first-order valence-electron chi connectivity index (χ1n) is 5.32. The molecule has 0 radical (unpaired) electrons. The number of nitrogens with one attached hydrogen (secondary N) is 2. The van der Waals surface area contributed by atoms with Crippen molar-refractivity contribution in [2.75, 3.05) is 19.6 Å². The van der Waals surface area contributed by atoms with Crippen LogP contribution in [0.3, 0.4) is 0 Å². The van der Waals surface area contributed by atoms with Crippen LogP contribution < -0.4 is 10.6 Å². The van der Waals surface area contributed by atoms with E-state index in [4.69, 9.17) is 0 Å². The fourth-order valence-corrected chi connectivity index (χ4v) is 1.96. The molecule has 1 amide bonds. The summed E-state index contributed by atoms with van der Waals surface area (Å²) in [6, 6.07) is 4.08. The van der Waals surface area contributed by atoms with Gasteiger partial charge in [0.15, 0.2) is 0 Å². The van der Waals surface area contributed by atoms with E-state index in [1.807, 2.05) is 11.4 Å². The van der Waals surface area contributed by atoms with Gasteiger partial charge in [0.1, 0.15) is 0 Å². The minimum Gasteiger partial charge on any atom is -0.355 e. The van der Waals surface area contributed by atoms with Crippen molar-refractivity contribution in [2.24, 2.45) is 0 Å². The Labute approximate surface area is 94.9 Å². The van der Waals surface area contributed by atoms with Crippen LogP contribution >= 0.6 is 11.3 Å². The predicted molar refractivity (Wildman–Crippen MR) is 64.2 cm³/mol. The second-order valence-corrected chi connectivity index (χ2v) is 4.32. The zero-order valence-electron chi connectivity index (χ0n) is 9.08. The minimum absolute atomic E-state index is 0.140. The topological polar surface area (TPSA) is 41.1 Å². The highest BCUT2D eigenvalue weighted by atomic mass is 32.1. The smallest absolute Gasteiger partial charge is 0.220 e. The zero-order valence-corrected chi connectivity index (χ0v) is 9.90. The summed E-state index contributed by atoms with van der Waals surface area (Å²) < 4.78 is 0. The number of amides is 1. The maximum absolute atomic E-state index is 11.4. The summed E-state index contributed by atoms with van der Waals surface area (Å²) in [7, 11) is 0. The van der Waals surface area contributed by atoms with Crippen molar-refractivity contribution in [3.8, 4) is 0 Å². The Kier molecular flexibility index (Phi) is 6.04. The molecular formula is C11H18N2OS. The van der Waals surface area contributed by atoms with Gasteiger partial charge in [0.2, 0.25) is 5.91 Å². The van der Waals surface area contributed by atoms with E-state index in [0.717, 1.165) is 26.1 Å². The van der Waals surface area contributed by atoms with Crippen molar-refractivity contribution in [2.45, 2.75) is 19.8 Å². The molecule has 0 atom stereocenters. The minimum atomic E-state index is 0.140. The lowest BCUT2D eigenvalue weighted by atomic mass is 10.2. The van der Waals surface area contributed by atoms with E-state index in [-0.39, 0.29) is 5.91 Å². The molecule has 1 aromatic rings. The molecule has 0 saturated heterocycles. The van der Waals surface area contributed by atoms with Crippen LogP contribution in [-0.4, -0.2) is 25.5 Å². The molecule has 0 aromatic carbocycles. The van der Waals surface area contributed by atoms with Crippen LogP contribution in [0.2, 0.25) is 0 Å². The van der Waals surface area contributed by atoms with Crippen molar-refractivity contribution in [1.82, 2.24) is 10.6 Å². The molecular weight excluding hydrogens is 208 g/mol. The predicted octanol–water partition coefficient (Wildman–Crippen LogP) is 1.41. The molecule has 0 aliphatic carbocycles. The number of rotatable bonds is 7. The first-order chi connectivity index (χ1) is 7.33.